The van der Waals surface area contributed by atoms with Gasteiger partial charge in [0.1, 0.15) is 5.56 Å². The number of hydrogen-bond donors (Lipinski definition) is 1. The number of nitrogens with zero attached hydrogens (tertiary/aromatic N) is 3. The Balaban J connectivity index is 1.46. The number of piperazine rings is 1. The number of aryl methyl sites for hydroxylation is 1. The predicted molar refractivity (Wildman–Crippen MR) is 123 cm³/mol. The maximum Gasteiger partial charge on any atom is 0.284 e. The van der Waals surface area contributed by atoms with Crippen LogP contribution >= 0.6 is 0 Å². The smallest absolute Gasteiger partial charge is 0.284 e. The molecule has 3 aromatic rings. The van der Waals surface area contributed by atoms with Gasteiger partial charge in [0, 0.05) is 32.4 Å². The van der Waals surface area contributed by atoms with Gasteiger partial charge in [-0.25, -0.2) is 8.42 Å². The van der Waals surface area contributed by atoms with E-state index >= 15 is 0 Å². The minimum Gasteiger partial charge on any atom is -0.438 e. The highest BCUT2D eigenvalue weighted by atomic mass is 32.2. The van der Waals surface area contributed by atoms with Crippen molar-refractivity contribution in [2.24, 2.45) is 5.73 Å². The van der Waals surface area contributed by atoms with Gasteiger partial charge in [0.05, 0.1) is 6.54 Å². The monoisotopic (exact) mass is 484 g/mol. The summed E-state index contributed by atoms with van der Waals surface area (Å²) in [6.45, 7) is 2.55. The molecule has 1 fully saturated rings. The molecule has 0 saturated carbocycles. The molecular formula is C23H24N4O6S. The molecule has 1 saturated heterocycles. The van der Waals surface area contributed by atoms with Crippen LogP contribution in [0.2, 0.25) is 0 Å². The van der Waals surface area contributed by atoms with Crippen molar-refractivity contribution in [3.63, 3.8) is 0 Å². The molecule has 1 aliphatic rings. The number of aromatic nitrogens is 1. The second-order valence-corrected chi connectivity index (χ2v) is 9.89. The fourth-order valence-corrected chi connectivity index (χ4v) is 5.19. The molecule has 0 atom stereocenters. The summed E-state index contributed by atoms with van der Waals surface area (Å²) in [5, 5.41) is -0.386. The predicted octanol–water partition coefficient (Wildman–Crippen LogP) is 1.04. The van der Waals surface area contributed by atoms with Crippen LogP contribution in [0.3, 0.4) is 0 Å². The molecule has 2 amide bonds. The maximum atomic E-state index is 13.1. The van der Waals surface area contributed by atoms with E-state index in [4.69, 9.17) is 10.2 Å². The topological polar surface area (TPSA) is 136 Å². The maximum absolute atomic E-state index is 13.1. The van der Waals surface area contributed by atoms with E-state index in [2.05, 4.69) is 0 Å². The van der Waals surface area contributed by atoms with Crippen molar-refractivity contribution in [2.75, 3.05) is 26.2 Å². The normalized spacial score (nSPS) is 14.8. The first-order chi connectivity index (χ1) is 16.2. The van der Waals surface area contributed by atoms with Crippen LogP contribution in [0.15, 0.2) is 69.0 Å². The number of sulfonamides is 1. The summed E-state index contributed by atoms with van der Waals surface area (Å²) < 4.78 is 33.3. The molecule has 1 aliphatic heterocycles. The van der Waals surface area contributed by atoms with Crippen molar-refractivity contribution in [3.05, 3.63) is 87.5 Å². The third-order valence-electron chi connectivity index (χ3n) is 5.63. The van der Waals surface area contributed by atoms with Crippen LogP contribution in [0, 0.1) is 6.92 Å². The van der Waals surface area contributed by atoms with Crippen LogP contribution in [0.4, 0.5) is 0 Å². The average molecular weight is 485 g/mol. The number of pyridine rings is 1. The van der Waals surface area contributed by atoms with Gasteiger partial charge in [-0.15, -0.1) is 0 Å². The summed E-state index contributed by atoms with van der Waals surface area (Å²) in [6, 6.07) is 13.3. The zero-order valence-electron chi connectivity index (χ0n) is 18.5. The summed E-state index contributed by atoms with van der Waals surface area (Å²) in [4.78, 5) is 38.7. The highest BCUT2D eigenvalue weighted by molar-refractivity contribution is 7.89. The van der Waals surface area contributed by atoms with E-state index in [0.717, 1.165) is 11.1 Å². The Labute approximate surface area is 196 Å². The fourth-order valence-electron chi connectivity index (χ4n) is 3.85. The van der Waals surface area contributed by atoms with E-state index in [-0.39, 0.29) is 42.6 Å². The van der Waals surface area contributed by atoms with Crippen LogP contribution < -0.4 is 11.3 Å². The molecule has 11 heteroatoms. The van der Waals surface area contributed by atoms with Gasteiger partial charge < -0.3 is 19.6 Å². The first-order valence-corrected chi connectivity index (χ1v) is 12.0. The molecule has 10 nitrogen and oxygen atoms in total. The lowest BCUT2D eigenvalue weighted by atomic mass is 10.1. The van der Waals surface area contributed by atoms with E-state index < -0.39 is 27.4 Å². The van der Waals surface area contributed by atoms with Gasteiger partial charge in [0.2, 0.25) is 5.09 Å². The lowest BCUT2D eigenvalue weighted by Gasteiger charge is -2.33. The third kappa shape index (κ3) is 4.66. The van der Waals surface area contributed by atoms with E-state index in [0.29, 0.717) is 6.54 Å². The molecule has 34 heavy (non-hydrogen) atoms. The third-order valence-corrected chi connectivity index (χ3v) is 7.40. The Hall–Kier alpha value is -3.70. The Bertz CT molecular complexity index is 1400. The van der Waals surface area contributed by atoms with Crippen molar-refractivity contribution in [3.8, 4) is 0 Å². The largest absolute Gasteiger partial charge is 0.438 e. The molecule has 0 aliphatic carbocycles. The average Bonchev–Trinajstić information content (AvgIpc) is 3.32. The summed E-state index contributed by atoms with van der Waals surface area (Å²) in [6.07, 6.45) is 1.63. The summed E-state index contributed by atoms with van der Waals surface area (Å²) >= 11 is 0. The van der Waals surface area contributed by atoms with Crippen LogP contribution in [0.5, 0.6) is 0 Å². The number of rotatable bonds is 6. The molecule has 2 aromatic heterocycles. The SMILES string of the molecule is Cc1cccc(Cn2cccc(C(=O)N3CCN(S(=O)(=O)c4ccc(C(N)=O)o4)CC3)c2=O)c1. The Kier molecular flexibility index (Phi) is 6.40. The molecule has 0 spiro atoms. The quantitative estimate of drug-likeness (QED) is 0.555. The van der Waals surface area contributed by atoms with E-state index in [1.807, 2.05) is 31.2 Å². The van der Waals surface area contributed by atoms with Crippen LogP contribution in [-0.2, 0) is 16.6 Å². The highest BCUT2D eigenvalue weighted by Gasteiger charge is 2.33. The lowest BCUT2D eigenvalue weighted by Crippen LogP contribution is -2.51. The van der Waals surface area contributed by atoms with Crippen LogP contribution in [0.25, 0.3) is 0 Å². The number of furan rings is 1. The zero-order valence-corrected chi connectivity index (χ0v) is 19.3. The summed E-state index contributed by atoms with van der Waals surface area (Å²) in [5.74, 6) is -1.57. The zero-order chi connectivity index (χ0) is 24.5. The second-order valence-electron chi connectivity index (χ2n) is 8.02. The number of amides is 2. The molecule has 0 unspecified atom stereocenters. The number of carbonyl (C=O) groups excluding carboxylic acids is 2. The summed E-state index contributed by atoms with van der Waals surface area (Å²) in [7, 11) is -3.99. The van der Waals surface area contributed by atoms with Crippen molar-refractivity contribution in [1.29, 1.82) is 0 Å². The summed E-state index contributed by atoms with van der Waals surface area (Å²) in [5.41, 5.74) is 6.76. The molecule has 178 valence electrons. The number of carbonyl (C=O) groups is 2. The van der Waals surface area contributed by atoms with E-state index in [1.165, 1.54) is 32.0 Å². The van der Waals surface area contributed by atoms with Gasteiger partial charge >= 0.3 is 0 Å². The molecule has 1 aromatic carbocycles. The molecule has 4 rings (SSSR count). The Morgan fingerprint density at radius 2 is 1.76 bits per heavy atom. The van der Waals surface area contributed by atoms with Crippen LogP contribution in [-0.4, -0.2) is 60.2 Å². The highest BCUT2D eigenvalue weighted by Crippen LogP contribution is 2.20. The van der Waals surface area contributed by atoms with Crippen LogP contribution in [0.1, 0.15) is 32.0 Å². The molecule has 2 N–H and O–H groups in total. The molecule has 3 heterocycles. The minimum atomic E-state index is -3.99. The second kappa shape index (κ2) is 9.27. The minimum absolute atomic E-state index is 0.0188. The van der Waals surface area contributed by atoms with Crippen molar-refractivity contribution in [1.82, 2.24) is 13.8 Å². The Morgan fingerprint density at radius 3 is 2.41 bits per heavy atom. The number of hydrogen-bond acceptors (Lipinski definition) is 6. The molecule has 0 radical (unpaired) electrons. The van der Waals surface area contributed by atoms with Crippen molar-refractivity contribution in [2.45, 2.75) is 18.6 Å². The Morgan fingerprint density at radius 1 is 1.03 bits per heavy atom. The molecule has 0 bridgehead atoms. The van der Waals surface area contributed by atoms with Gasteiger partial charge in [0.15, 0.2) is 5.76 Å². The van der Waals surface area contributed by atoms with Gasteiger partial charge in [-0.1, -0.05) is 29.8 Å². The standard InChI is InChI=1S/C23H24N4O6S/c1-16-4-2-5-17(14-16)15-26-9-3-6-18(23(26)30)22(29)25-10-12-27(13-11-25)34(31,32)20-8-7-19(33-20)21(24)28/h2-9,14H,10-13,15H2,1H3,(H2,24,28). The lowest BCUT2D eigenvalue weighted by molar-refractivity contribution is 0.0694. The number of benzene rings is 1. The van der Waals surface area contributed by atoms with Crippen molar-refractivity contribution >= 4 is 21.8 Å². The molecular weight excluding hydrogens is 460 g/mol. The van der Waals surface area contributed by atoms with Gasteiger partial charge in [-0.3, -0.25) is 14.4 Å². The van der Waals surface area contributed by atoms with Gasteiger partial charge in [0.25, 0.3) is 27.4 Å². The van der Waals surface area contributed by atoms with E-state index in [1.54, 1.807) is 12.3 Å². The van der Waals surface area contributed by atoms with Gasteiger partial charge in [-0.05, 0) is 36.8 Å². The first-order valence-electron chi connectivity index (χ1n) is 10.6. The fraction of sp³-hybridized carbons (Fsp3) is 0.261. The van der Waals surface area contributed by atoms with Crippen molar-refractivity contribution < 1.29 is 22.4 Å². The first kappa shape index (κ1) is 23.5. The van der Waals surface area contributed by atoms with E-state index in [9.17, 15) is 22.8 Å². The number of nitrogens with two attached hydrogens (primary N) is 1. The number of primary amides is 1. The van der Waals surface area contributed by atoms with Gasteiger partial charge in [-0.2, -0.15) is 4.31 Å².